The summed E-state index contributed by atoms with van der Waals surface area (Å²) >= 11 is 0. The van der Waals surface area contributed by atoms with Crippen LogP contribution >= 0.6 is 0 Å². The largest absolute Gasteiger partial charge is 0.497 e. The van der Waals surface area contributed by atoms with E-state index in [0.717, 1.165) is 12.8 Å². The van der Waals surface area contributed by atoms with Crippen molar-refractivity contribution in [2.45, 2.75) is 23.8 Å². The molecule has 1 aliphatic rings. The molecule has 0 radical (unpaired) electrons. The third kappa shape index (κ3) is 4.10. The topological polar surface area (TPSA) is 92.8 Å². The molecule has 26 heavy (non-hydrogen) atoms. The Morgan fingerprint density at radius 3 is 2.00 bits per heavy atom. The van der Waals surface area contributed by atoms with Crippen molar-refractivity contribution < 1.29 is 21.6 Å². The van der Waals surface area contributed by atoms with Crippen LogP contribution in [0.15, 0.2) is 53.4 Å². The Labute approximate surface area is 153 Å². The van der Waals surface area contributed by atoms with Gasteiger partial charge in [-0.3, -0.25) is 9.03 Å². The SMILES string of the molecule is COc1ccc(S(=O)(=O)Nc2ccc(N(C3CC3)S(C)(=O)=O)cc2)cc1. The predicted molar refractivity (Wildman–Crippen MR) is 101 cm³/mol. The minimum absolute atomic E-state index is 0.00755. The van der Waals surface area contributed by atoms with Crippen LogP contribution in [0.5, 0.6) is 5.75 Å². The molecule has 0 heterocycles. The van der Waals surface area contributed by atoms with E-state index < -0.39 is 20.0 Å². The van der Waals surface area contributed by atoms with Crippen LogP contribution in [-0.2, 0) is 20.0 Å². The highest BCUT2D eigenvalue weighted by Gasteiger charge is 2.35. The van der Waals surface area contributed by atoms with Crippen molar-refractivity contribution in [3.8, 4) is 5.75 Å². The van der Waals surface area contributed by atoms with Gasteiger partial charge < -0.3 is 4.74 Å². The molecule has 0 saturated heterocycles. The first kappa shape index (κ1) is 18.5. The van der Waals surface area contributed by atoms with Gasteiger partial charge in [-0.1, -0.05) is 0 Å². The number of nitrogens with zero attached hydrogens (tertiary/aromatic N) is 1. The molecule has 1 fully saturated rings. The van der Waals surface area contributed by atoms with Crippen molar-refractivity contribution in [3.05, 3.63) is 48.5 Å². The van der Waals surface area contributed by atoms with Gasteiger partial charge in [-0.25, -0.2) is 16.8 Å². The Hall–Kier alpha value is -2.26. The van der Waals surface area contributed by atoms with E-state index in [4.69, 9.17) is 4.74 Å². The second kappa shape index (κ2) is 6.81. The lowest BCUT2D eigenvalue weighted by molar-refractivity contribution is 0.414. The summed E-state index contributed by atoms with van der Waals surface area (Å²) in [5.41, 5.74) is 0.885. The quantitative estimate of drug-likeness (QED) is 0.776. The predicted octanol–water partition coefficient (Wildman–Crippen LogP) is 2.42. The molecule has 1 N–H and O–H groups in total. The molecule has 2 aromatic carbocycles. The fourth-order valence-corrected chi connectivity index (χ4v) is 4.94. The van der Waals surface area contributed by atoms with Gasteiger partial charge in [0.05, 0.1) is 23.9 Å². The molecule has 1 aliphatic carbocycles. The van der Waals surface area contributed by atoms with Crippen molar-refractivity contribution >= 4 is 31.4 Å². The van der Waals surface area contributed by atoms with Gasteiger partial charge in [0.1, 0.15) is 5.75 Å². The van der Waals surface area contributed by atoms with Crippen LogP contribution in [-0.4, -0.2) is 36.2 Å². The minimum Gasteiger partial charge on any atom is -0.497 e. The zero-order valence-electron chi connectivity index (χ0n) is 14.4. The van der Waals surface area contributed by atoms with Crippen molar-refractivity contribution in [1.29, 1.82) is 0 Å². The Morgan fingerprint density at radius 1 is 0.962 bits per heavy atom. The van der Waals surface area contributed by atoms with Crippen LogP contribution in [0.25, 0.3) is 0 Å². The lowest BCUT2D eigenvalue weighted by Gasteiger charge is -2.22. The zero-order chi connectivity index (χ0) is 18.9. The van der Waals surface area contributed by atoms with Crippen molar-refractivity contribution in [3.63, 3.8) is 0 Å². The van der Waals surface area contributed by atoms with Crippen LogP contribution in [0.3, 0.4) is 0 Å². The molecule has 0 unspecified atom stereocenters. The second-order valence-electron chi connectivity index (χ2n) is 6.12. The van der Waals surface area contributed by atoms with E-state index in [1.54, 1.807) is 36.4 Å². The highest BCUT2D eigenvalue weighted by molar-refractivity contribution is 7.92. The molecule has 0 bridgehead atoms. The van der Waals surface area contributed by atoms with Gasteiger partial charge in [0.15, 0.2) is 0 Å². The third-order valence-corrected chi connectivity index (χ3v) is 6.60. The maximum Gasteiger partial charge on any atom is 0.261 e. The second-order valence-corrected chi connectivity index (χ2v) is 9.66. The summed E-state index contributed by atoms with van der Waals surface area (Å²) in [7, 11) is -5.61. The van der Waals surface area contributed by atoms with E-state index in [9.17, 15) is 16.8 Å². The van der Waals surface area contributed by atoms with Gasteiger partial charge in [0, 0.05) is 11.7 Å². The average Bonchev–Trinajstić information content (AvgIpc) is 3.40. The van der Waals surface area contributed by atoms with E-state index in [-0.39, 0.29) is 10.9 Å². The van der Waals surface area contributed by atoms with E-state index in [1.807, 2.05) is 0 Å². The summed E-state index contributed by atoms with van der Waals surface area (Å²) in [5.74, 6) is 0.564. The fraction of sp³-hybridized carbons (Fsp3) is 0.294. The number of hydrogen-bond donors (Lipinski definition) is 1. The Morgan fingerprint density at radius 2 is 1.54 bits per heavy atom. The summed E-state index contributed by atoms with van der Waals surface area (Å²) in [4.78, 5) is 0.109. The Kier molecular flexibility index (Phi) is 4.85. The van der Waals surface area contributed by atoms with Crippen molar-refractivity contribution in [1.82, 2.24) is 0 Å². The van der Waals surface area contributed by atoms with Crippen LogP contribution in [0.4, 0.5) is 11.4 Å². The number of anilines is 2. The van der Waals surface area contributed by atoms with E-state index in [0.29, 0.717) is 17.1 Å². The zero-order valence-corrected chi connectivity index (χ0v) is 16.0. The van der Waals surface area contributed by atoms with Gasteiger partial charge >= 0.3 is 0 Å². The molecule has 9 heteroatoms. The molecule has 0 atom stereocenters. The third-order valence-electron chi connectivity index (χ3n) is 3.98. The molecule has 0 amide bonds. The lowest BCUT2D eigenvalue weighted by Crippen LogP contribution is -2.31. The van der Waals surface area contributed by atoms with Crippen LogP contribution in [0.1, 0.15) is 12.8 Å². The van der Waals surface area contributed by atoms with E-state index >= 15 is 0 Å². The Balaban J connectivity index is 1.80. The number of benzene rings is 2. The van der Waals surface area contributed by atoms with E-state index in [1.165, 1.54) is 29.8 Å². The maximum absolute atomic E-state index is 12.4. The summed E-state index contributed by atoms with van der Waals surface area (Å²) in [6, 6.07) is 12.3. The normalized spacial score (nSPS) is 14.7. The molecular weight excluding hydrogens is 376 g/mol. The number of sulfonamides is 2. The molecule has 0 aromatic heterocycles. The number of ether oxygens (including phenoxy) is 1. The van der Waals surface area contributed by atoms with Crippen molar-refractivity contribution in [2.24, 2.45) is 0 Å². The first-order valence-electron chi connectivity index (χ1n) is 7.97. The molecule has 3 rings (SSSR count). The first-order chi connectivity index (χ1) is 12.2. The highest BCUT2D eigenvalue weighted by Crippen LogP contribution is 2.34. The molecule has 0 aliphatic heterocycles. The van der Waals surface area contributed by atoms with Gasteiger partial charge in [-0.2, -0.15) is 0 Å². The highest BCUT2D eigenvalue weighted by atomic mass is 32.2. The smallest absolute Gasteiger partial charge is 0.261 e. The molecule has 1 saturated carbocycles. The summed E-state index contributed by atoms with van der Waals surface area (Å²) in [6.45, 7) is 0. The number of nitrogens with one attached hydrogen (secondary N) is 1. The van der Waals surface area contributed by atoms with Gasteiger partial charge in [0.2, 0.25) is 10.0 Å². The van der Waals surface area contributed by atoms with Gasteiger partial charge in [-0.05, 0) is 61.4 Å². The molecule has 140 valence electrons. The minimum atomic E-state index is -3.74. The fourth-order valence-electron chi connectivity index (χ4n) is 2.63. The monoisotopic (exact) mass is 396 g/mol. The maximum atomic E-state index is 12.4. The van der Waals surface area contributed by atoms with Crippen molar-refractivity contribution in [2.75, 3.05) is 22.4 Å². The van der Waals surface area contributed by atoms with Gasteiger partial charge in [-0.15, -0.1) is 0 Å². The summed E-state index contributed by atoms with van der Waals surface area (Å²) in [5, 5.41) is 0. The van der Waals surface area contributed by atoms with Gasteiger partial charge in [0.25, 0.3) is 10.0 Å². The van der Waals surface area contributed by atoms with Crippen LogP contribution in [0, 0.1) is 0 Å². The number of rotatable bonds is 7. The molecule has 0 spiro atoms. The number of hydrogen-bond acceptors (Lipinski definition) is 5. The van der Waals surface area contributed by atoms with Crippen LogP contribution in [0.2, 0.25) is 0 Å². The molecule has 2 aromatic rings. The van der Waals surface area contributed by atoms with Crippen LogP contribution < -0.4 is 13.8 Å². The average molecular weight is 396 g/mol. The number of methoxy groups -OCH3 is 1. The summed E-state index contributed by atoms with van der Waals surface area (Å²) in [6.07, 6.45) is 2.84. The standard InChI is InChI=1S/C17H20N2O5S2/c1-24-16-9-11-17(12-10-16)26(22,23)18-13-3-5-14(6-4-13)19(15-7-8-15)25(2,20)21/h3-6,9-12,15,18H,7-8H2,1-2H3. The molecular formula is C17H20N2O5S2. The lowest BCUT2D eigenvalue weighted by atomic mass is 10.3. The summed E-state index contributed by atoms with van der Waals surface area (Å²) < 4.78 is 57.7. The first-order valence-corrected chi connectivity index (χ1v) is 11.3. The van der Waals surface area contributed by atoms with E-state index in [2.05, 4.69) is 4.72 Å². The Bertz CT molecular complexity index is 980. The molecule has 7 nitrogen and oxygen atoms in total.